The fraction of sp³-hybridized carbons (Fsp3) is 0.429. The highest BCUT2D eigenvalue weighted by Crippen LogP contribution is 2.03. The third kappa shape index (κ3) is 2.16. The van der Waals surface area contributed by atoms with Crippen molar-refractivity contribution >= 4 is 5.82 Å². The Hall–Kier alpha value is -1.16. The molecule has 0 unspecified atom stereocenters. The van der Waals surface area contributed by atoms with E-state index in [9.17, 15) is 0 Å². The summed E-state index contributed by atoms with van der Waals surface area (Å²) in [5.41, 5.74) is 0. The van der Waals surface area contributed by atoms with Crippen LogP contribution in [0, 0.1) is 0 Å². The average molecular weight is 153 g/mol. The number of rotatable bonds is 3. The lowest BCUT2D eigenvalue weighted by molar-refractivity contribution is 0.303. The minimum Gasteiger partial charge on any atom is -0.395 e. The summed E-state index contributed by atoms with van der Waals surface area (Å²) >= 11 is 0. The van der Waals surface area contributed by atoms with Crippen molar-refractivity contribution in [3.05, 3.63) is 18.3 Å². The molecule has 1 aromatic rings. The van der Waals surface area contributed by atoms with Crippen LogP contribution in [-0.4, -0.2) is 35.5 Å². The molecule has 1 heterocycles. The van der Waals surface area contributed by atoms with E-state index < -0.39 is 0 Å². The quantitative estimate of drug-likeness (QED) is 0.659. The van der Waals surface area contributed by atoms with Crippen molar-refractivity contribution < 1.29 is 5.11 Å². The van der Waals surface area contributed by atoms with Crippen LogP contribution in [0.2, 0.25) is 0 Å². The van der Waals surface area contributed by atoms with Crippen LogP contribution in [0.5, 0.6) is 0 Å². The first-order valence-electron chi connectivity index (χ1n) is 3.44. The summed E-state index contributed by atoms with van der Waals surface area (Å²) in [6.45, 7) is 0.714. The fourth-order valence-corrected chi connectivity index (χ4v) is 0.762. The second-order valence-corrected chi connectivity index (χ2v) is 2.23. The van der Waals surface area contributed by atoms with Crippen LogP contribution in [0.15, 0.2) is 18.3 Å². The van der Waals surface area contributed by atoms with Crippen LogP contribution in [0.1, 0.15) is 0 Å². The average Bonchev–Trinajstić information content (AvgIpc) is 2.07. The summed E-state index contributed by atoms with van der Waals surface area (Å²) < 4.78 is 0. The molecule has 0 aromatic carbocycles. The molecule has 0 atom stereocenters. The van der Waals surface area contributed by atoms with Gasteiger partial charge in [-0.15, -0.1) is 5.10 Å². The molecule has 4 heteroatoms. The molecule has 11 heavy (non-hydrogen) atoms. The maximum Gasteiger partial charge on any atom is 0.151 e. The van der Waals surface area contributed by atoms with Crippen LogP contribution in [0.3, 0.4) is 0 Å². The van der Waals surface area contributed by atoms with E-state index in [1.807, 2.05) is 24.1 Å². The van der Waals surface area contributed by atoms with Crippen molar-refractivity contribution in [3.8, 4) is 0 Å². The summed E-state index contributed by atoms with van der Waals surface area (Å²) in [5.74, 6) is 0.779. The normalized spacial score (nSPS) is 9.64. The number of anilines is 1. The fourth-order valence-electron chi connectivity index (χ4n) is 0.762. The lowest BCUT2D eigenvalue weighted by Gasteiger charge is -2.14. The molecule has 0 aliphatic carbocycles. The Kier molecular flexibility index (Phi) is 2.80. The summed E-state index contributed by atoms with van der Waals surface area (Å²) in [6, 6.07) is 3.67. The second kappa shape index (κ2) is 3.88. The lowest BCUT2D eigenvalue weighted by Crippen LogP contribution is -2.22. The topological polar surface area (TPSA) is 49.2 Å². The summed E-state index contributed by atoms with van der Waals surface area (Å²) in [5, 5.41) is 16.2. The van der Waals surface area contributed by atoms with Gasteiger partial charge in [-0.05, 0) is 12.1 Å². The zero-order valence-corrected chi connectivity index (χ0v) is 6.44. The first-order chi connectivity index (χ1) is 5.34. The molecular weight excluding hydrogens is 142 g/mol. The number of likely N-dealkylation sites (N-methyl/N-ethyl adjacent to an activating group) is 1. The molecule has 0 radical (unpaired) electrons. The Labute approximate surface area is 65.5 Å². The van der Waals surface area contributed by atoms with E-state index in [-0.39, 0.29) is 6.61 Å². The Morgan fingerprint density at radius 2 is 2.45 bits per heavy atom. The van der Waals surface area contributed by atoms with Gasteiger partial charge in [-0.25, -0.2) is 0 Å². The molecule has 0 aliphatic rings. The van der Waals surface area contributed by atoms with Gasteiger partial charge in [0.15, 0.2) is 5.82 Å². The Morgan fingerprint density at radius 3 is 3.00 bits per heavy atom. The molecule has 0 saturated heterocycles. The van der Waals surface area contributed by atoms with Gasteiger partial charge < -0.3 is 10.0 Å². The van der Waals surface area contributed by atoms with Gasteiger partial charge in [0.2, 0.25) is 0 Å². The van der Waals surface area contributed by atoms with Gasteiger partial charge in [0, 0.05) is 19.8 Å². The van der Waals surface area contributed by atoms with E-state index in [1.165, 1.54) is 0 Å². The highest BCUT2D eigenvalue weighted by Gasteiger charge is 1.98. The van der Waals surface area contributed by atoms with Crippen LogP contribution in [0.4, 0.5) is 5.82 Å². The van der Waals surface area contributed by atoms with E-state index in [0.29, 0.717) is 6.54 Å². The zero-order valence-electron chi connectivity index (χ0n) is 6.44. The Bertz CT molecular complexity index is 202. The Morgan fingerprint density at radius 1 is 1.64 bits per heavy atom. The SMILES string of the molecule is CN(CCO)c1cccnn1. The third-order valence-electron chi connectivity index (χ3n) is 1.38. The molecule has 1 rings (SSSR count). The van der Waals surface area contributed by atoms with E-state index in [0.717, 1.165) is 5.82 Å². The molecule has 0 fully saturated rings. The molecule has 1 aromatic heterocycles. The van der Waals surface area contributed by atoms with Crippen LogP contribution < -0.4 is 4.90 Å². The smallest absolute Gasteiger partial charge is 0.151 e. The second-order valence-electron chi connectivity index (χ2n) is 2.23. The molecule has 60 valence electrons. The van der Waals surface area contributed by atoms with Crippen LogP contribution in [-0.2, 0) is 0 Å². The van der Waals surface area contributed by atoms with Gasteiger partial charge in [0.05, 0.1) is 6.61 Å². The summed E-state index contributed by atoms with van der Waals surface area (Å²) in [7, 11) is 1.86. The van der Waals surface area contributed by atoms with Gasteiger partial charge in [0.1, 0.15) is 0 Å². The van der Waals surface area contributed by atoms with Crippen LogP contribution >= 0.6 is 0 Å². The number of hydrogen-bond acceptors (Lipinski definition) is 4. The first-order valence-corrected chi connectivity index (χ1v) is 3.44. The molecule has 0 saturated carbocycles. The number of hydrogen-bond donors (Lipinski definition) is 1. The van der Waals surface area contributed by atoms with Crippen molar-refractivity contribution in [1.29, 1.82) is 0 Å². The van der Waals surface area contributed by atoms with Crippen molar-refractivity contribution in [2.45, 2.75) is 0 Å². The van der Waals surface area contributed by atoms with Gasteiger partial charge in [-0.2, -0.15) is 5.10 Å². The van der Waals surface area contributed by atoms with Gasteiger partial charge in [0.25, 0.3) is 0 Å². The molecule has 0 spiro atoms. The number of aliphatic hydroxyl groups is 1. The monoisotopic (exact) mass is 153 g/mol. The number of nitrogens with zero attached hydrogens (tertiary/aromatic N) is 3. The lowest BCUT2D eigenvalue weighted by atomic mass is 10.5. The Balaban J connectivity index is 2.61. The molecule has 0 amide bonds. The maximum absolute atomic E-state index is 8.61. The molecular formula is C7H11N3O. The molecule has 4 nitrogen and oxygen atoms in total. The minimum atomic E-state index is 0.132. The van der Waals surface area contributed by atoms with Gasteiger partial charge >= 0.3 is 0 Å². The molecule has 0 bridgehead atoms. The third-order valence-corrected chi connectivity index (χ3v) is 1.38. The van der Waals surface area contributed by atoms with Gasteiger partial charge in [-0.1, -0.05) is 0 Å². The van der Waals surface area contributed by atoms with E-state index >= 15 is 0 Å². The van der Waals surface area contributed by atoms with Crippen molar-refractivity contribution in [2.75, 3.05) is 25.1 Å². The van der Waals surface area contributed by atoms with E-state index in [2.05, 4.69) is 10.2 Å². The summed E-state index contributed by atoms with van der Waals surface area (Å²) in [4.78, 5) is 1.84. The molecule has 1 N–H and O–H groups in total. The predicted octanol–water partition coefficient (Wildman–Crippen LogP) is -0.0949. The number of aromatic nitrogens is 2. The standard InChI is InChI=1S/C7H11N3O/c1-10(5-6-11)7-3-2-4-8-9-7/h2-4,11H,5-6H2,1H3. The minimum absolute atomic E-state index is 0.132. The highest BCUT2D eigenvalue weighted by atomic mass is 16.3. The van der Waals surface area contributed by atoms with Crippen molar-refractivity contribution in [2.24, 2.45) is 0 Å². The van der Waals surface area contributed by atoms with Crippen LogP contribution in [0.25, 0.3) is 0 Å². The van der Waals surface area contributed by atoms with Crippen molar-refractivity contribution in [1.82, 2.24) is 10.2 Å². The number of aliphatic hydroxyl groups excluding tert-OH is 1. The highest BCUT2D eigenvalue weighted by molar-refractivity contribution is 5.34. The zero-order chi connectivity index (χ0) is 8.10. The van der Waals surface area contributed by atoms with E-state index in [4.69, 9.17) is 5.11 Å². The first kappa shape index (κ1) is 7.94. The largest absolute Gasteiger partial charge is 0.395 e. The van der Waals surface area contributed by atoms with Gasteiger partial charge in [-0.3, -0.25) is 0 Å². The maximum atomic E-state index is 8.61. The summed E-state index contributed by atoms with van der Waals surface area (Å²) in [6.07, 6.45) is 1.62. The van der Waals surface area contributed by atoms with Crippen molar-refractivity contribution in [3.63, 3.8) is 0 Å². The molecule has 0 aliphatic heterocycles. The predicted molar refractivity (Wildman–Crippen MR) is 42.4 cm³/mol. The van der Waals surface area contributed by atoms with E-state index in [1.54, 1.807) is 6.20 Å².